The number of azide groups is 1. The molecule has 7 heteroatoms. The first-order valence-electron chi connectivity index (χ1n) is 8.85. The highest BCUT2D eigenvalue weighted by molar-refractivity contribution is 5.81. The molecule has 1 aliphatic rings. The van der Waals surface area contributed by atoms with Crippen LogP contribution in [0.4, 0.5) is 8.78 Å². The van der Waals surface area contributed by atoms with E-state index in [0.717, 1.165) is 30.5 Å². The zero-order valence-electron chi connectivity index (χ0n) is 14.8. The van der Waals surface area contributed by atoms with Crippen molar-refractivity contribution < 1.29 is 13.6 Å². The molecule has 0 heterocycles. The van der Waals surface area contributed by atoms with Crippen molar-refractivity contribution in [2.45, 2.75) is 31.8 Å². The SMILES string of the molecule is CC(NC(=O)C(C1CC1)C(N=[N+]=[N-])c1ccc(F)c(F)c1)c1ccccc1. The molecule has 3 rings (SSSR count). The summed E-state index contributed by atoms with van der Waals surface area (Å²) in [5, 5.41) is 6.72. The normalized spacial score (nSPS) is 16.7. The predicted octanol–water partition coefficient (Wildman–Crippen LogP) is 5.22. The number of hydrogen-bond acceptors (Lipinski definition) is 2. The third-order valence-electron chi connectivity index (χ3n) is 4.89. The molecule has 1 aliphatic carbocycles. The zero-order chi connectivity index (χ0) is 19.4. The van der Waals surface area contributed by atoms with Crippen LogP contribution in [-0.2, 0) is 4.79 Å². The van der Waals surface area contributed by atoms with Gasteiger partial charge < -0.3 is 5.32 Å². The Balaban J connectivity index is 1.86. The first-order chi connectivity index (χ1) is 13.0. The summed E-state index contributed by atoms with van der Waals surface area (Å²) < 4.78 is 27.0. The Kier molecular flexibility index (Phi) is 5.72. The molecular formula is C20H20F2N4O. The van der Waals surface area contributed by atoms with Crippen molar-refractivity contribution in [2.75, 3.05) is 0 Å². The van der Waals surface area contributed by atoms with Crippen LogP contribution in [0.25, 0.3) is 10.4 Å². The van der Waals surface area contributed by atoms with Gasteiger partial charge in [0.25, 0.3) is 0 Å². The van der Waals surface area contributed by atoms with Crippen LogP contribution in [0.15, 0.2) is 53.6 Å². The van der Waals surface area contributed by atoms with Crippen molar-refractivity contribution in [1.82, 2.24) is 5.32 Å². The van der Waals surface area contributed by atoms with Crippen LogP contribution in [0, 0.1) is 23.5 Å². The van der Waals surface area contributed by atoms with E-state index in [4.69, 9.17) is 5.53 Å². The molecule has 1 saturated carbocycles. The number of nitrogens with one attached hydrogen (secondary N) is 1. The van der Waals surface area contributed by atoms with Gasteiger partial charge in [0.2, 0.25) is 5.91 Å². The minimum atomic E-state index is -1.03. The standard InChI is InChI=1S/C20H20F2N4O/c1-12(13-5-3-2-4-6-13)24-20(27)18(14-7-8-14)19(25-26-23)15-9-10-16(21)17(22)11-15/h2-6,9-12,14,18-19H,7-8H2,1H3,(H,24,27). The summed E-state index contributed by atoms with van der Waals surface area (Å²) in [6.45, 7) is 1.87. The van der Waals surface area contributed by atoms with Gasteiger partial charge in [0.15, 0.2) is 11.6 Å². The molecule has 0 saturated heterocycles. The predicted molar refractivity (Wildman–Crippen MR) is 97.5 cm³/mol. The van der Waals surface area contributed by atoms with Crippen molar-refractivity contribution in [2.24, 2.45) is 17.0 Å². The maximum absolute atomic E-state index is 13.7. The maximum Gasteiger partial charge on any atom is 0.224 e. The molecule has 1 fully saturated rings. The third-order valence-corrected chi connectivity index (χ3v) is 4.89. The summed E-state index contributed by atoms with van der Waals surface area (Å²) in [7, 11) is 0. The van der Waals surface area contributed by atoms with E-state index in [1.807, 2.05) is 37.3 Å². The van der Waals surface area contributed by atoms with Gasteiger partial charge >= 0.3 is 0 Å². The average Bonchev–Trinajstić information content (AvgIpc) is 3.49. The molecule has 0 aliphatic heterocycles. The molecule has 5 nitrogen and oxygen atoms in total. The van der Waals surface area contributed by atoms with Crippen LogP contribution < -0.4 is 5.32 Å². The Morgan fingerprint density at radius 2 is 1.85 bits per heavy atom. The van der Waals surface area contributed by atoms with Gasteiger partial charge in [-0.05, 0) is 54.5 Å². The number of hydrogen-bond donors (Lipinski definition) is 1. The van der Waals surface area contributed by atoms with E-state index in [-0.39, 0.29) is 17.9 Å². The summed E-state index contributed by atoms with van der Waals surface area (Å²) in [5.74, 6) is -2.84. The number of carbonyl (C=O) groups excluding carboxylic acids is 1. The van der Waals surface area contributed by atoms with Gasteiger partial charge in [-0.3, -0.25) is 4.79 Å². The zero-order valence-corrected chi connectivity index (χ0v) is 14.8. The van der Waals surface area contributed by atoms with Crippen LogP contribution in [-0.4, -0.2) is 5.91 Å². The molecule has 27 heavy (non-hydrogen) atoms. The molecule has 0 aromatic heterocycles. The summed E-state index contributed by atoms with van der Waals surface area (Å²) in [6, 6.07) is 11.7. The monoisotopic (exact) mass is 370 g/mol. The van der Waals surface area contributed by atoms with E-state index in [2.05, 4.69) is 15.3 Å². The fourth-order valence-electron chi connectivity index (χ4n) is 3.30. The Hall–Kier alpha value is -2.92. The first-order valence-corrected chi connectivity index (χ1v) is 8.85. The number of benzene rings is 2. The minimum Gasteiger partial charge on any atom is -0.349 e. The Morgan fingerprint density at radius 1 is 1.15 bits per heavy atom. The molecule has 140 valence electrons. The molecule has 3 unspecified atom stereocenters. The van der Waals surface area contributed by atoms with E-state index in [1.165, 1.54) is 6.07 Å². The smallest absolute Gasteiger partial charge is 0.224 e. The number of nitrogens with zero attached hydrogens (tertiary/aromatic N) is 3. The largest absolute Gasteiger partial charge is 0.349 e. The van der Waals surface area contributed by atoms with Gasteiger partial charge in [0.1, 0.15) is 0 Å². The van der Waals surface area contributed by atoms with Crippen LogP contribution in [0.5, 0.6) is 0 Å². The van der Waals surface area contributed by atoms with E-state index < -0.39 is 23.6 Å². The molecule has 1 amide bonds. The van der Waals surface area contributed by atoms with Crippen LogP contribution >= 0.6 is 0 Å². The number of rotatable bonds is 7. The second-order valence-corrected chi connectivity index (χ2v) is 6.83. The van der Waals surface area contributed by atoms with Gasteiger partial charge in [-0.15, -0.1) is 0 Å². The quantitative estimate of drug-likeness (QED) is 0.405. The number of amides is 1. The molecule has 2 aromatic rings. The molecule has 2 aromatic carbocycles. The summed E-state index contributed by atoms with van der Waals surface area (Å²) in [6.07, 6.45) is 1.66. The average molecular weight is 370 g/mol. The van der Waals surface area contributed by atoms with Crippen molar-refractivity contribution in [3.05, 3.63) is 81.7 Å². The van der Waals surface area contributed by atoms with Crippen LogP contribution in [0.1, 0.15) is 43.0 Å². The van der Waals surface area contributed by atoms with Gasteiger partial charge in [0, 0.05) is 4.91 Å². The summed E-state index contributed by atoms with van der Waals surface area (Å²) >= 11 is 0. The summed E-state index contributed by atoms with van der Waals surface area (Å²) in [4.78, 5) is 15.8. The minimum absolute atomic E-state index is 0.0524. The maximum atomic E-state index is 13.7. The van der Waals surface area contributed by atoms with Crippen molar-refractivity contribution >= 4 is 5.91 Å². The van der Waals surface area contributed by atoms with E-state index in [9.17, 15) is 13.6 Å². The van der Waals surface area contributed by atoms with E-state index >= 15 is 0 Å². The van der Waals surface area contributed by atoms with Crippen LogP contribution in [0.3, 0.4) is 0 Å². The first kappa shape index (κ1) is 18.9. The molecule has 3 atom stereocenters. The Labute approximate surface area is 156 Å². The van der Waals surface area contributed by atoms with Crippen molar-refractivity contribution in [3.8, 4) is 0 Å². The van der Waals surface area contributed by atoms with Gasteiger partial charge in [0.05, 0.1) is 18.0 Å². The van der Waals surface area contributed by atoms with Gasteiger partial charge in [-0.25, -0.2) is 8.78 Å². The lowest BCUT2D eigenvalue weighted by atomic mass is 9.88. The lowest BCUT2D eigenvalue weighted by molar-refractivity contribution is -0.127. The highest BCUT2D eigenvalue weighted by atomic mass is 19.2. The van der Waals surface area contributed by atoms with Crippen molar-refractivity contribution in [3.63, 3.8) is 0 Å². The van der Waals surface area contributed by atoms with Crippen molar-refractivity contribution in [1.29, 1.82) is 0 Å². The highest BCUT2D eigenvalue weighted by Crippen LogP contribution is 2.45. The lowest BCUT2D eigenvalue weighted by Gasteiger charge is -2.25. The summed E-state index contributed by atoms with van der Waals surface area (Å²) in [5.41, 5.74) is 10.2. The fourth-order valence-corrected chi connectivity index (χ4v) is 3.30. The lowest BCUT2D eigenvalue weighted by Crippen LogP contribution is -2.36. The number of carbonyl (C=O) groups is 1. The highest BCUT2D eigenvalue weighted by Gasteiger charge is 2.42. The molecular weight excluding hydrogens is 350 g/mol. The molecule has 0 spiro atoms. The second-order valence-electron chi connectivity index (χ2n) is 6.83. The second kappa shape index (κ2) is 8.18. The topological polar surface area (TPSA) is 77.9 Å². The molecule has 1 N–H and O–H groups in total. The Bertz CT molecular complexity index is 864. The molecule has 0 bridgehead atoms. The van der Waals surface area contributed by atoms with Crippen LogP contribution in [0.2, 0.25) is 0 Å². The Morgan fingerprint density at radius 3 is 2.44 bits per heavy atom. The third kappa shape index (κ3) is 4.44. The molecule has 0 radical (unpaired) electrons. The van der Waals surface area contributed by atoms with E-state index in [1.54, 1.807) is 0 Å². The number of halogens is 2. The fraction of sp³-hybridized carbons (Fsp3) is 0.350. The van der Waals surface area contributed by atoms with Gasteiger partial charge in [-0.2, -0.15) is 0 Å². The van der Waals surface area contributed by atoms with Gasteiger partial charge in [-0.1, -0.05) is 41.5 Å². The van der Waals surface area contributed by atoms with E-state index in [0.29, 0.717) is 5.56 Å².